The van der Waals surface area contributed by atoms with Crippen LogP contribution in [0.4, 0.5) is 4.79 Å². The molecule has 0 rings (SSSR count). The highest BCUT2D eigenvalue weighted by Gasteiger charge is 2.29. The Balaban J connectivity index is 4.21. The molecule has 204 valence electrons. The minimum Gasteiger partial charge on any atom is -0.460 e. The van der Waals surface area contributed by atoms with E-state index >= 15 is 0 Å². The van der Waals surface area contributed by atoms with Gasteiger partial charge in [0.25, 0.3) is 0 Å². The first kappa shape index (κ1) is 33.0. The number of unbranched alkanes of at least 4 members (excludes halogenated alkanes) is 3. The first-order chi connectivity index (χ1) is 16.4. The van der Waals surface area contributed by atoms with Crippen LogP contribution >= 0.6 is 0 Å². The van der Waals surface area contributed by atoms with Gasteiger partial charge in [-0.25, -0.2) is 9.59 Å². The van der Waals surface area contributed by atoms with E-state index in [-0.39, 0.29) is 19.1 Å². The Labute approximate surface area is 213 Å². The molecule has 7 nitrogen and oxygen atoms in total. The Morgan fingerprint density at radius 2 is 1.66 bits per heavy atom. The Kier molecular flexibility index (Phi) is 16.4. The minimum atomic E-state index is -0.632. The van der Waals surface area contributed by atoms with E-state index in [0.29, 0.717) is 24.3 Å². The summed E-state index contributed by atoms with van der Waals surface area (Å²) in [7, 11) is 0. The van der Waals surface area contributed by atoms with E-state index in [2.05, 4.69) is 39.6 Å². The number of carbonyl (C=O) groups excluding carboxylic acids is 3. The standard InChI is InChI=1S/C28H51NO6/c1-9-12-16-23(10-2)21-28(8,11-3)34-24(30)17-14-13-15-18-27(6,7)35-26(32)29-19-20-33-25(31)22(4)5/h23H,4,9-21H2,1-3,5-8H3,(H,29,32). The number of amides is 1. The van der Waals surface area contributed by atoms with Crippen molar-refractivity contribution in [1.29, 1.82) is 0 Å². The van der Waals surface area contributed by atoms with Gasteiger partial charge in [0.15, 0.2) is 0 Å². The zero-order valence-corrected chi connectivity index (χ0v) is 23.4. The number of hydrogen-bond donors (Lipinski definition) is 1. The molecular formula is C28H51NO6. The van der Waals surface area contributed by atoms with Gasteiger partial charge in [0.1, 0.15) is 17.8 Å². The average molecular weight is 498 g/mol. The second kappa shape index (κ2) is 17.4. The van der Waals surface area contributed by atoms with Gasteiger partial charge < -0.3 is 19.5 Å². The molecule has 0 saturated carbocycles. The lowest BCUT2D eigenvalue weighted by atomic mass is 9.85. The molecule has 2 unspecified atom stereocenters. The van der Waals surface area contributed by atoms with Crippen LogP contribution in [0.2, 0.25) is 0 Å². The van der Waals surface area contributed by atoms with Crippen LogP contribution in [0.15, 0.2) is 12.2 Å². The van der Waals surface area contributed by atoms with Crippen molar-refractivity contribution < 1.29 is 28.6 Å². The van der Waals surface area contributed by atoms with Crippen LogP contribution in [0.25, 0.3) is 0 Å². The number of esters is 2. The van der Waals surface area contributed by atoms with Crippen LogP contribution < -0.4 is 5.32 Å². The molecule has 0 aliphatic heterocycles. The summed E-state index contributed by atoms with van der Waals surface area (Å²) >= 11 is 0. The fourth-order valence-electron chi connectivity index (χ4n) is 3.89. The summed E-state index contributed by atoms with van der Waals surface area (Å²) < 4.78 is 16.3. The highest BCUT2D eigenvalue weighted by atomic mass is 16.6. The third-order valence-electron chi connectivity index (χ3n) is 6.35. The maximum Gasteiger partial charge on any atom is 0.407 e. The SMILES string of the molecule is C=C(C)C(=O)OCCNC(=O)OC(C)(C)CCCCCC(=O)OC(C)(CC)CC(CC)CCCC. The summed E-state index contributed by atoms with van der Waals surface area (Å²) in [5.41, 5.74) is -0.709. The second-order valence-corrected chi connectivity index (χ2v) is 10.5. The monoisotopic (exact) mass is 497 g/mol. The fraction of sp³-hybridized carbons (Fsp3) is 0.821. The molecular weight excluding hydrogens is 446 g/mol. The molecule has 0 aromatic carbocycles. The maximum absolute atomic E-state index is 12.5. The largest absolute Gasteiger partial charge is 0.460 e. The molecule has 0 aliphatic rings. The summed E-state index contributed by atoms with van der Waals surface area (Å²) in [6, 6.07) is 0. The van der Waals surface area contributed by atoms with Crippen molar-refractivity contribution in [3.8, 4) is 0 Å². The number of carbonyl (C=O) groups is 3. The Morgan fingerprint density at radius 1 is 0.971 bits per heavy atom. The van der Waals surface area contributed by atoms with Crippen molar-refractivity contribution in [3.63, 3.8) is 0 Å². The predicted molar refractivity (Wildman–Crippen MR) is 140 cm³/mol. The third kappa shape index (κ3) is 16.3. The zero-order valence-electron chi connectivity index (χ0n) is 23.4. The van der Waals surface area contributed by atoms with Crippen molar-refractivity contribution in [2.24, 2.45) is 5.92 Å². The fourth-order valence-corrected chi connectivity index (χ4v) is 3.89. The zero-order chi connectivity index (χ0) is 26.9. The highest BCUT2D eigenvalue weighted by molar-refractivity contribution is 5.86. The molecule has 2 atom stereocenters. The topological polar surface area (TPSA) is 90.9 Å². The second-order valence-electron chi connectivity index (χ2n) is 10.5. The number of nitrogens with one attached hydrogen (secondary N) is 1. The number of alkyl carbamates (subject to hydrolysis) is 1. The first-order valence-corrected chi connectivity index (χ1v) is 13.4. The smallest absolute Gasteiger partial charge is 0.407 e. The summed E-state index contributed by atoms with van der Waals surface area (Å²) in [6.07, 6.45) is 9.47. The van der Waals surface area contributed by atoms with E-state index in [1.54, 1.807) is 6.92 Å². The molecule has 0 spiro atoms. The van der Waals surface area contributed by atoms with Crippen LogP contribution in [0, 0.1) is 5.92 Å². The molecule has 0 bridgehead atoms. The summed E-state index contributed by atoms with van der Waals surface area (Å²) in [5, 5.41) is 2.58. The van der Waals surface area contributed by atoms with Gasteiger partial charge in [0, 0.05) is 12.0 Å². The van der Waals surface area contributed by atoms with Crippen molar-refractivity contribution in [2.75, 3.05) is 13.2 Å². The van der Waals surface area contributed by atoms with Gasteiger partial charge >= 0.3 is 18.0 Å². The van der Waals surface area contributed by atoms with E-state index < -0.39 is 23.3 Å². The Hall–Kier alpha value is -2.05. The van der Waals surface area contributed by atoms with E-state index in [9.17, 15) is 14.4 Å². The maximum atomic E-state index is 12.5. The van der Waals surface area contributed by atoms with E-state index in [1.807, 2.05) is 13.8 Å². The molecule has 0 saturated heterocycles. The number of hydrogen-bond acceptors (Lipinski definition) is 6. The predicted octanol–water partition coefficient (Wildman–Crippen LogP) is 6.88. The molecule has 1 amide bonds. The lowest BCUT2D eigenvalue weighted by molar-refractivity contribution is -0.160. The molecule has 0 aliphatic carbocycles. The van der Waals surface area contributed by atoms with Gasteiger partial charge in [-0.3, -0.25) is 4.79 Å². The average Bonchev–Trinajstić information content (AvgIpc) is 2.78. The van der Waals surface area contributed by atoms with Gasteiger partial charge in [0.05, 0.1) is 6.54 Å². The lowest BCUT2D eigenvalue weighted by Crippen LogP contribution is -2.36. The van der Waals surface area contributed by atoms with Gasteiger partial charge in [-0.1, -0.05) is 59.5 Å². The quantitative estimate of drug-likeness (QED) is 0.0905. The Morgan fingerprint density at radius 3 is 2.23 bits per heavy atom. The third-order valence-corrected chi connectivity index (χ3v) is 6.35. The molecule has 0 fully saturated rings. The van der Waals surface area contributed by atoms with Crippen molar-refractivity contribution >= 4 is 18.0 Å². The molecule has 35 heavy (non-hydrogen) atoms. The van der Waals surface area contributed by atoms with E-state index in [1.165, 1.54) is 19.3 Å². The summed E-state index contributed by atoms with van der Waals surface area (Å²) in [5.74, 6) is -0.0127. The van der Waals surface area contributed by atoms with Crippen LogP contribution in [-0.2, 0) is 23.8 Å². The van der Waals surface area contributed by atoms with Gasteiger partial charge in [-0.15, -0.1) is 0 Å². The highest BCUT2D eigenvalue weighted by Crippen LogP contribution is 2.30. The molecule has 0 heterocycles. The van der Waals surface area contributed by atoms with Gasteiger partial charge in [-0.05, 0) is 65.7 Å². The first-order valence-electron chi connectivity index (χ1n) is 13.4. The normalized spacial score (nSPS) is 13.9. The molecule has 0 aromatic rings. The molecule has 1 N–H and O–H groups in total. The van der Waals surface area contributed by atoms with Crippen molar-refractivity contribution in [1.82, 2.24) is 5.32 Å². The molecule has 7 heteroatoms. The van der Waals surface area contributed by atoms with Crippen LogP contribution in [0.3, 0.4) is 0 Å². The van der Waals surface area contributed by atoms with E-state index in [0.717, 1.165) is 38.5 Å². The van der Waals surface area contributed by atoms with Crippen LogP contribution in [-0.4, -0.2) is 42.4 Å². The van der Waals surface area contributed by atoms with Crippen molar-refractivity contribution in [2.45, 2.75) is 130 Å². The van der Waals surface area contributed by atoms with Gasteiger partial charge in [0.2, 0.25) is 0 Å². The summed E-state index contributed by atoms with van der Waals surface area (Å²) in [6.45, 7) is 17.6. The number of ether oxygens (including phenoxy) is 3. The van der Waals surface area contributed by atoms with Crippen LogP contribution in [0.5, 0.6) is 0 Å². The molecule has 0 radical (unpaired) electrons. The lowest BCUT2D eigenvalue weighted by Gasteiger charge is -2.32. The summed E-state index contributed by atoms with van der Waals surface area (Å²) in [4.78, 5) is 35.8. The van der Waals surface area contributed by atoms with Gasteiger partial charge in [-0.2, -0.15) is 0 Å². The van der Waals surface area contributed by atoms with E-state index in [4.69, 9.17) is 14.2 Å². The van der Waals surface area contributed by atoms with Crippen LogP contribution in [0.1, 0.15) is 119 Å². The molecule has 0 aromatic heterocycles. The minimum absolute atomic E-state index is 0.0617. The van der Waals surface area contributed by atoms with Crippen molar-refractivity contribution in [3.05, 3.63) is 12.2 Å². The Bertz CT molecular complexity index is 660. The number of rotatable bonds is 19.